The Morgan fingerprint density at radius 2 is 1.82 bits per heavy atom. The minimum atomic E-state index is 0.900. The van der Waals surface area contributed by atoms with Gasteiger partial charge in [-0.1, -0.05) is 0 Å². The Kier molecular flexibility index (Phi) is 2.76. The lowest BCUT2D eigenvalue weighted by Gasteiger charge is -2.04. The fourth-order valence-corrected chi connectivity index (χ4v) is 3.00. The molecule has 3 heterocycles. The Morgan fingerprint density at radius 3 is 2.64 bits per heavy atom. The molecule has 4 rings (SSSR count). The third-order valence-corrected chi connectivity index (χ3v) is 4.17. The van der Waals surface area contributed by atoms with Crippen molar-refractivity contribution in [2.24, 2.45) is 7.05 Å². The second kappa shape index (κ2) is 4.67. The molecular weight excluding hydrogens is 272 g/mol. The third-order valence-electron chi connectivity index (χ3n) is 4.17. The first-order valence-electron chi connectivity index (χ1n) is 7.38. The monoisotopic (exact) mass is 289 g/mol. The van der Waals surface area contributed by atoms with Gasteiger partial charge in [0.25, 0.3) is 0 Å². The van der Waals surface area contributed by atoms with Crippen LogP contribution in [0.4, 0.5) is 0 Å². The summed E-state index contributed by atoms with van der Waals surface area (Å²) >= 11 is 0. The Balaban J connectivity index is 2.07. The van der Waals surface area contributed by atoms with E-state index in [0.29, 0.717) is 0 Å². The molecule has 4 aromatic rings. The van der Waals surface area contributed by atoms with E-state index in [2.05, 4.69) is 54.0 Å². The quantitative estimate of drug-likeness (QED) is 0.494. The Morgan fingerprint density at radius 1 is 1.00 bits per heavy atom. The fraction of sp³-hybridized carbons (Fsp3) is 0.158. The maximum atomic E-state index is 5.99. The molecule has 0 unspecified atom stereocenters. The summed E-state index contributed by atoms with van der Waals surface area (Å²) in [5.41, 5.74) is 6.41. The van der Waals surface area contributed by atoms with Crippen LogP contribution >= 0.6 is 0 Å². The van der Waals surface area contributed by atoms with Crippen molar-refractivity contribution in [1.29, 1.82) is 0 Å². The zero-order chi connectivity index (χ0) is 15.3. The van der Waals surface area contributed by atoms with Crippen molar-refractivity contribution in [2.75, 3.05) is 0 Å². The standard InChI is InChI=1S/C19H17N2O/c1-12-8-18-15(16-11-20-13(2)9-19(16)22-18)10-14(12)17-6-4-5-7-21(17)3/h4-11H,1-3H3/q+1. The van der Waals surface area contributed by atoms with Crippen molar-refractivity contribution in [1.82, 2.24) is 4.98 Å². The highest BCUT2D eigenvalue weighted by molar-refractivity contribution is 6.06. The summed E-state index contributed by atoms with van der Waals surface area (Å²) in [6.07, 6.45) is 3.97. The average Bonchev–Trinajstić information content (AvgIpc) is 2.83. The summed E-state index contributed by atoms with van der Waals surface area (Å²) in [6.45, 7) is 4.10. The highest BCUT2D eigenvalue weighted by Crippen LogP contribution is 2.33. The zero-order valence-corrected chi connectivity index (χ0v) is 12.9. The molecule has 1 aromatic carbocycles. The van der Waals surface area contributed by atoms with Gasteiger partial charge >= 0.3 is 0 Å². The molecule has 0 N–H and O–H groups in total. The van der Waals surface area contributed by atoms with Gasteiger partial charge in [-0.3, -0.25) is 4.98 Å². The average molecular weight is 289 g/mol. The van der Waals surface area contributed by atoms with Crippen LogP contribution in [0, 0.1) is 13.8 Å². The van der Waals surface area contributed by atoms with Crippen LogP contribution in [0.2, 0.25) is 0 Å². The molecule has 0 fully saturated rings. The van der Waals surface area contributed by atoms with Crippen molar-refractivity contribution in [3.8, 4) is 11.3 Å². The molecule has 0 saturated carbocycles. The maximum Gasteiger partial charge on any atom is 0.212 e. The second-order valence-electron chi connectivity index (χ2n) is 5.78. The SMILES string of the molecule is Cc1cc2oc3cc(C)c(-c4cccc[n+]4C)cc3c2cn1. The summed E-state index contributed by atoms with van der Waals surface area (Å²) < 4.78 is 8.13. The number of aryl methyl sites for hydroxylation is 3. The number of hydrogen-bond donors (Lipinski definition) is 0. The van der Waals surface area contributed by atoms with Gasteiger partial charge in [0.1, 0.15) is 18.2 Å². The number of fused-ring (bicyclic) bond motifs is 3. The molecule has 3 heteroatoms. The molecule has 0 bridgehead atoms. The number of nitrogens with zero attached hydrogens (tertiary/aromatic N) is 2. The molecule has 0 amide bonds. The van der Waals surface area contributed by atoms with Crippen LogP contribution < -0.4 is 4.57 Å². The number of pyridine rings is 2. The molecule has 0 aliphatic rings. The van der Waals surface area contributed by atoms with E-state index in [4.69, 9.17) is 4.42 Å². The van der Waals surface area contributed by atoms with Crippen molar-refractivity contribution in [3.05, 3.63) is 60.0 Å². The Labute approximate surface area is 128 Å². The Bertz CT molecular complexity index is 1010. The van der Waals surface area contributed by atoms with Crippen LogP contribution in [-0.2, 0) is 7.05 Å². The van der Waals surface area contributed by atoms with E-state index < -0.39 is 0 Å². The molecule has 0 aliphatic carbocycles. The lowest BCUT2D eigenvalue weighted by atomic mass is 10.0. The predicted molar refractivity (Wildman–Crippen MR) is 87.6 cm³/mol. The third kappa shape index (κ3) is 1.90. The van der Waals surface area contributed by atoms with E-state index in [1.165, 1.54) is 16.8 Å². The highest BCUT2D eigenvalue weighted by Gasteiger charge is 2.16. The number of benzene rings is 1. The van der Waals surface area contributed by atoms with E-state index in [0.717, 1.165) is 27.6 Å². The minimum absolute atomic E-state index is 0.900. The second-order valence-corrected chi connectivity index (χ2v) is 5.78. The van der Waals surface area contributed by atoms with Gasteiger partial charge in [-0.2, -0.15) is 0 Å². The number of furan rings is 1. The molecule has 3 nitrogen and oxygen atoms in total. The van der Waals surface area contributed by atoms with Gasteiger partial charge in [0.05, 0.1) is 0 Å². The van der Waals surface area contributed by atoms with Crippen molar-refractivity contribution < 1.29 is 8.98 Å². The number of hydrogen-bond acceptors (Lipinski definition) is 2. The first-order valence-corrected chi connectivity index (χ1v) is 7.38. The van der Waals surface area contributed by atoms with E-state index in [1.54, 1.807) is 0 Å². The summed E-state index contributed by atoms with van der Waals surface area (Å²) in [5, 5.41) is 2.19. The largest absolute Gasteiger partial charge is 0.456 e. The van der Waals surface area contributed by atoms with Gasteiger partial charge in [0.2, 0.25) is 5.69 Å². The lowest BCUT2D eigenvalue weighted by Crippen LogP contribution is -2.30. The highest BCUT2D eigenvalue weighted by atomic mass is 16.3. The lowest BCUT2D eigenvalue weighted by molar-refractivity contribution is -0.660. The summed E-state index contributed by atoms with van der Waals surface area (Å²) in [7, 11) is 2.07. The smallest absolute Gasteiger partial charge is 0.212 e. The number of aromatic nitrogens is 2. The van der Waals surface area contributed by atoms with E-state index in [1.807, 2.05) is 25.3 Å². The van der Waals surface area contributed by atoms with Crippen LogP contribution in [0.15, 0.2) is 53.2 Å². The molecule has 3 aromatic heterocycles. The molecule has 0 saturated heterocycles. The van der Waals surface area contributed by atoms with E-state index in [-0.39, 0.29) is 0 Å². The van der Waals surface area contributed by atoms with Gasteiger partial charge in [0, 0.05) is 46.4 Å². The minimum Gasteiger partial charge on any atom is -0.456 e. The summed E-state index contributed by atoms with van der Waals surface area (Å²) in [4.78, 5) is 4.41. The summed E-state index contributed by atoms with van der Waals surface area (Å²) in [6, 6.07) is 12.6. The van der Waals surface area contributed by atoms with Gasteiger partial charge in [-0.05, 0) is 37.6 Å². The van der Waals surface area contributed by atoms with E-state index in [9.17, 15) is 0 Å². The Hall–Kier alpha value is -2.68. The van der Waals surface area contributed by atoms with Crippen LogP contribution in [0.3, 0.4) is 0 Å². The molecule has 0 atom stereocenters. The molecule has 0 radical (unpaired) electrons. The van der Waals surface area contributed by atoms with Gasteiger partial charge in [0.15, 0.2) is 6.20 Å². The van der Waals surface area contributed by atoms with Crippen molar-refractivity contribution in [3.63, 3.8) is 0 Å². The van der Waals surface area contributed by atoms with Crippen LogP contribution in [0.5, 0.6) is 0 Å². The molecule has 0 spiro atoms. The van der Waals surface area contributed by atoms with Gasteiger partial charge in [-0.15, -0.1) is 0 Å². The van der Waals surface area contributed by atoms with E-state index >= 15 is 0 Å². The molecular formula is C19H17N2O+. The molecule has 0 aliphatic heterocycles. The maximum absolute atomic E-state index is 5.99. The van der Waals surface area contributed by atoms with Crippen LogP contribution in [0.1, 0.15) is 11.3 Å². The summed E-state index contributed by atoms with van der Waals surface area (Å²) in [5.74, 6) is 0. The normalized spacial score (nSPS) is 11.4. The van der Waals surface area contributed by atoms with Crippen LogP contribution in [-0.4, -0.2) is 4.98 Å². The first-order chi connectivity index (χ1) is 10.6. The van der Waals surface area contributed by atoms with Gasteiger partial charge < -0.3 is 4.42 Å². The predicted octanol–water partition coefficient (Wildman–Crippen LogP) is 4.09. The molecule has 108 valence electrons. The molecule has 22 heavy (non-hydrogen) atoms. The van der Waals surface area contributed by atoms with Crippen LogP contribution in [0.25, 0.3) is 33.2 Å². The van der Waals surface area contributed by atoms with Gasteiger partial charge in [-0.25, -0.2) is 4.57 Å². The number of rotatable bonds is 1. The topological polar surface area (TPSA) is 29.9 Å². The first kappa shape index (κ1) is 13.0. The fourth-order valence-electron chi connectivity index (χ4n) is 3.00. The zero-order valence-electron chi connectivity index (χ0n) is 12.9. The van der Waals surface area contributed by atoms with Crippen molar-refractivity contribution in [2.45, 2.75) is 13.8 Å². The van der Waals surface area contributed by atoms with Crippen molar-refractivity contribution >= 4 is 21.9 Å².